The molecule has 1 saturated heterocycles. The molecule has 6 heteroatoms. The first-order valence-electron chi connectivity index (χ1n) is 6.54. The Kier molecular flexibility index (Phi) is 4.49. The van der Waals surface area contributed by atoms with E-state index >= 15 is 0 Å². The molecule has 0 aromatic heterocycles. The van der Waals surface area contributed by atoms with Crippen LogP contribution in [0.4, 0.5) is 5.69 Å². The molecule has 0 aliphatic carbocycles. The highest BCUT2D eigenvalue weighted by Crippen LogP contribution is 2.20. The molecule has 1 aromatic carbocycles. The fourth-order valence-electron chi connectivity index (χ4n) is 2.17. The zero-order valence-electron chi connectivity index (χ0n) is 11.3. The molecule has 1 amide bonds. The van der Waals surface area contributed by atoms with E-state index in [2.05, 4.69) is 0 Å². The smallest absolute Gasteiger partial charge is 0.341 e. The average Bonchev–Trinajstić information content (AvgIpc) is 2.94. The molecule has 1 aliphatic rings. The van der Waals surface area contributed by atoms with Crippen molar-refractivity contribution in [1.29, 1.82) is 0 Å². The van der Waals surface area contributed by atoms with Gasteiger partial charge in [-0.2, -0.15) is 0 Å². The number of rotatable bonds is 3. The molecule has 0 spiro atoms. The number of likely N-dealkylation sites (tertiary alicyclic amines) is 1. The largest absolute Gasteiger partial charge is 0.449 e. The van der Waals surface area contributed by atoms with Crippen molar-refractivity contribution in [3.05, 3.63) is 28.8 Å². The van der Waals surface area contributed by atoms with E-state index in [1.807, 2.05) is 0 Å². The Labute approximate surface area is 122 Å². The first kappa shape index (κ1) is 14.7. The van der Waals surface area contributed by atoms with Crippen molar-refractivity contribution >= 4 is 29.2 Å². The number of carbonyl (C=O) groups excluding carboxylic acids is 2. The molecule has 2 rings (SSSR count). The van der Waals surface area contributed by atoms with Gasteiger partial charge in [-0.3, -0.25) is 4.79 Å². The van der Waals surface area contributed by atoms with E-state index in [1.54, 1.807) is 17.9 Å². The number of hydrogen-bond donors (Lipinski definition) is 1. The predicted molar refractivity (Wildman–Crippen MR) is 76.6 cm³/mol. The highest BCUT2D eigenvalue weighted by Gasteiger charge is 2.26. The number of anilines is 1. The van der Waals surface area contributed by atoms with Crippen molar-refractivity contribution in [3.63, 3.8) is 0 Å². The van der Waals surface area contributed by atoms with E-state index in [0.717, 1.165) is 25.9 Å². The molecule has 0 saturated carbocycles. The summed E-state index contributed by atoms with van der Waals surface area (Å²) in [4.78, 5) is 25.8. The Morgan fingerprint density at radius 2 is 2.00 bits per heavy atom. The molecule has 2 N–H and O–H groups in total. The van der Waals surface area contributed by atoms with Crippen LogP contribution in [0.1, 0.15) is 30.1 Å². The Morgan fingerprint density at radius 3 is 2.65 bits per heavy atom. The highest BCUT2D eigenvalue weighted by atomic mass is 35.5. The topological polar surface area (TPSA) is 72.6 Å². The van der Waals surface area contributed by atoms with Gasteiger partial charge in [-0.25, -0.2) is 4.79 Å². The number of nitrogens with two attached hydrogens (primary N) is 1. The normalized spacial score (nSPS) is 16.0. The van der Waals surface area contributed by atoms with E-state index in [1.165, 1.54) is 12.1 Å². The van der Waals surface area contributed by atoms with Gasteiger partial charge >= 0.3 is 5.97 Å². The second kappa shape index (κ2) is 6.13. The van der Waals surface area contributed by atoms with E-state index in [9.17, 15) is 9.59 Å². The van der Waals surface area contributed by atoms with E-state index < -0.39 is 12.1 Å². The van der Waals surface area contributed by atoms with Crippen molar-refractivity contribution in [2.24, 2.45) is 0 Å². The lowest BCUT2D eigenvalue weighted by atomic mass is 10.2. The third kappa shape index (κ3) is 3.22. The number of esters is 1. The van der Waals surface area contributed by atoms with E-state index in [0.29, 0.717) is 5.02 Å². The second-order valence-corrected chi connectivity index (χ2v) is 5.25. The average molecular weight is 297 g/mol. The molecule has 5 nitrogen and oxygen atoms in total. The van der Waals surface area contributed by atoms with Gasteiger partial charge in [-0.15, -0.1) is 0 Å². The maximum absolute atomic E-state index is 12.1. The second-order valence-electron chi connectivity index (χ2n) is 4.81. The molecule has 20 heavy (non-hydrogen) atoms. The SMILES string of the molecule is CC(OC(=O)c1cc(Cl)ccc1N)C(=O)N1CCCC1. The number of halogens is 1. The molecule has 1 unspecified atom stereocenters. The molecule has 1 heterocycles. The molecule has 1 fully saturated rings. The summed E-state index contributed by atoms with van der Waals surface area (Å²) >= 11 is 5.83. The third-order valence-electron chi connectivity index (χ3n) is 3.28. The Bertz CT molecular complexity index is 527. The first-order chi connectivity index (χ1) is 9.49. The number of nitrogens with zero attached hydrogens (tertiary/aromatic N) is 1. The lowest BCUT2D eigenvalue weighted by Gasteiger charge is -2.20. The van der Waals surface area contributed by atoms with Gasteiger partial charge in [0.25, 0.3) is 5.91 Å². The van der Waals surface area contributed by atoms with Gasteiger partial charge in [-0.05, 0) is 38.0 Å². The summed E-state index contributed by atoms with van der Waals surface area (Å²) in [5.41, 5.74) is 6.17. The van der Waals surface area contributed by atoms with Gasteiger partial charge in [0.05, 0.1) is 5.56 Å². The lowest BCUT2D eigenvalue weighted by Crippen LogP contribution is -2.38. The van der Waals surface area contributed by atoms with Crippen LogP contribution < -0.4 is 5.73 Å². The quantitative estimate of drug-likeness (QED) is 0.685. The summed E-state index contributed by atoms with van der Waals surface area (Å²) in [6.45, 7) is 3.01. The van der Waals surface area contributed by atoms with Gasteiger partial charge in [-0.1, -0.05) is 11.6 Å². The zero-order valence-corrected chi connectivity index (χ0v) is 12.0. The monoisotopic (exact) mass is 296 g/mol. The van der Waals surface area contributed by atoms with Gasteiger partial charge in [0, 0.05) is 23.8 Å². The molecule has 1 aromatic rings. The Hall–Kier alpha value is -1.75. The molecular weight excluding hydrogens is 280 g/mol. The summed E-state index contributed by atoms with van der Waals surface area (Å²) in [6, 6.07) is 4.56. The Balaban J connectivity index is 2.03. The molecule has 0 bridgehead atoms. The maximum atomic E-state index is 12.1. The Morgan fingerprint density at radius 1 is 1.35 bits per heavy atom. The molecule has 0 radical (unpaired) electrons. The van der Waals surface area contributed by atoms with Crippen LogP contribution in [0.3, 0.4) is 0 Å². The van der Waals surface area contributed by atoms with Gasteiger partial charge < -0.3 is 15.4 Å². The fraction of sp³-hybridized carbons (Fsp3) is 0.429. The summed E-state index contributed by atoms with van der Waals surface area (Å²) in [7, 11) is 0. The molecule has 108 valence electrons. The van der Waals surface area contributed by atoms with E-state index in [4.69, 9.17) is 22.1 Å². The number of nitrogen functional groups attached to an aromatic ring is 1. The summed E-state index contributed by atoms with van der Waals surface area (Å²) in [5, 5.41) is 0.393. The van der Waals surface area contributed by atoms with Gasteiger partial charge in [0.15, 0.2) is 6.10 Å². The number of ether oxygens (including phenoxy) is 1. The predicted octanol–water partition coefficient (Wildman–Crippen LogP) is 2.09. The van der Waals surface area contributed by atoms with Gasteiger partial charge in [0.2, 0.25) is 0 Å². The van der Waals surface area contributed by atoms with Crippen molar-refractivity contribution < 1.29 is 14.3 Å². The van der Waals surface area contributed by atoms with Gasteiger partial charge in [0.1, 0.15) is 0 Å². The van der Waals surface area contributed by atoms with Crippen molar-refractivity contribution in [1.82, 2.24) is 4.90 Å². The number of hydrogen-bond acceptors (Lipinski definition) is 4. The number of amides is 1. The van der Waals surface area contributed by atoms with Crippen molar-refractivity contribution in [3.8, 4) is 0 Å². The first-order valence-corrected chi connectivity index (χ1v) is 6.91. The van der Waals surface area contributed by atoms with Crippen molar-refractivity contribution in [2.45, 2.75) is 25.9 Å². The minimum atomic E-state index is -0.820. The molecular formula is C14H17ClN2O3. The molecule has 1 atom stereocenters. The fourth-order valence-corrected chi connectivity index (χ4v) is 2.35. The van der Waals surface area contributed by atoms with Crippen LogP contribution in [-0.2, 0) is 9.53 Å². The lowest BCUT2D eigenvalue weighted by molar-refractivity contribution is -0.138. The maximum Gasteiger partial charge on any atom is 0.341 e. The minimum absolute atomic E-state index is 0.170. The highest BCUT2D eigenvalue weighted by molar-refractivity contribution is 6.31. The summed E-state index contributed by atoms with van der Waals surface area (Å²) in [6.07, 6.45) is 1.17. The number of benzene rings is 1. The third-order valence-corrected chi connectivity index (χ3v) is 3.52. The van der Waals surface area contributed by atoms with Crippen LogP contribution in [0, 0.1) is 0 Å². The van der Waals surface area contributed by atoms with Crippen LogP contribution in [-0.4, -0.2) is 36.0 Å². The van der Waals surface area contributed by atoms with Crippen LogP contribution >= 0.6 is 11.6 Å². The molecule has 1 aliphatic heterocycles. The summed E-state index contributed by atoms with van der Waals surface area (Å²) < 4.78 is 5.18. The van der Waals surface area contributed by atoms with Crippen LogP contribution in [0.25, 0.3) is 0 Å². The summed E-state index contributed by atoms with van der Waals surface area (Å²) in [5.74, 6) is -0.804. The van der Waals surface area contributed by atoms with E-state index in [-0.39, 0.29) is 17.2 Å². The van der Waals surface area contributed by atoms with Crippen LogP contribution in [0.5, 0.6) is 0 Å². The van der Waals surface area contributed by atoms with Crippen molar-refractivity contribution in [2.75, 3.05) is 18.8 Å². The standard InChI is InChI=1S/C14H17ClN2O3/c1-9(13(18)17-6-2-3-7-17)20-14(19)11-8-10(15)4-5-12(11)16/h4-5,8-9H,2-3,6-7,16H2,1H3. The number of carbonyl (C=O) groups is 2. The minimum Gasteiger partial charge on any atom is -0.449 e. The van der Waals surface area contributed by atoms with Crippen LogP contribution in [0.2, 0.25) is 5.02 Å². The van der Waals surface area contributed by atoms with Crippen LogP contribution in [0.15, 0.2) is 18.2 Å². The zero-order chi connectivity index (χ0) is 14.7.